The average Bonchev–Trinajstić information content (AvgIpc) is 2.99. The van der Waals surface area contributed by atoms with Gasteiger partial charge in [0.2, 0.25) is 15.9 Å². The van der Waals surface area contributed by atoms with Gasteiger partial charge in [0.25, 0.3) is 0 Å². The molecular weight excluding hydrogens is 435 g/mol. The molecule has 2 atom stereocenters. The van der Waals surface area contributed by atoms with E-state index in [1.54, 1.807) is 12.1 Å². The highest BCUT2D eigenvalue weighted by molar-refractivity contribution is 7.89. The van der Waals surface area contributed by atoms with Crippen molar-refractivity contribution in [2.24, 2.45) is 11.1 Å². The van der Waals surface area contributed by atoms with Crippen LogP contribution in [0.4, 0.5) is 5.69 Å². The van der Waals surface area contributed by atoms with Crippen molar-refractivity contribution in [3.8, 4) is 0 Å². The van der Waals surface area contributed by atoms with Crippen LogP contribution in [-0.4, -0.2) is 57.5 Å². The molecule has 3 aliphatic heterocycles. The Morgan fingerprint density at radius 1 is 1.00 bits per heavy atom. The van der Waals surface area contributed by atoms with Crippen LogP contribution >= 0.6 is 24.8 Å². The molecule has 2 bridgehead atoms. The van der Waals surface area contributed by atoms with Crippen LogP contribution in [0, 0.1) is 5.92 Å². The first-order chi connectivity index (χ1) is 12.9. The van der Waals surface area contributed by atoms with Gasteiger partial charge in [-0.3, -0.25) is 4.79 Å². The molecule has 0 aromatic heterocycles. The maximum atomic E-state index is 12.7. The van der Waals surface area contributed by atoms with Crippen LogP contribution in [0.3, 0.4) is 0 Å². The molecule has 29 heavy (non-hydrogen) atoms. The van der Waals surface area contributed by atoms with E-state index in [1.807, 2.05) is 4.90 Å². The van der Waals surface area contributed by atoms with Gasteiger partial charge >= 0.3 is 0 Å². The fourth-order valence-electron chi connectivity index (χ4n) is 4.78. The van der Waals surface area contributed by atoms with Crippen LogP contribution in [0.15, 0.2) is 29.2 Å². The Balaban J connectivity index is 0.00000150. The monoisotopic (exact) mass is 464 g/mol. The fourth-order valence-corrected chi connectivity index (χ4v) is 5.29. The zero-order valence-electron chi connectivity index (χ0n) is 16.3. The molecule has 1 aromatic carbocycles. The second-order valence-electron chi connectivity index (χ2n) is 8.09. The summed E-state index contributed by atoms with van der Waals surface area (Å²) in [6, 6.07) is 7.88. The van der Waals surface area contributed by atoms with Crippen molar-refractivity contribution in [1.82, 2.24) is 10.2 Å². The summed E-state index contributed by atoms with van der Waals surface area (Å²) in [6.07, 6.45) is 5.48. The molecule has 0 spiro atoms. The Labute approximate surface area is 185 Å². The molecular formula is C19H30Cl2N4O3S. The molecule has 1 amide bonds. The molecule has 1 aromatic rings. The zero-order chi connectivity index (χ0) is 19.0. The second-order valence-corrected chi connectivity index (χ2v) is 9.65. The van der Waals surface area contributed by atoms with Crippen molar-refractivity contribution in [2.45, 2.75) is 49.1 Å². The van der Waals surface area contributed by atoms with Crippen molar-refractivity contribution < 1.29 is 13.2 Å². The SMILES string of the molecule is Cl.Cl.NS(=O)(=O)c1ccc(N2CCN(C(=O)CC3CC4CCC(C3)N4)CC2)cc1. The number of sulfonamides is 1. The minimum atomic E-state index is -3.66. The normalized spacial score (nSPS) is 26.4. The smallest absolute Gasteiger partial charge is 0.238 e. The zero-order valence-corrected chi connectivity index (χ0v) is 18.8. The lowest BCUT2D eigenvalue weighted by atomic mass is 9.89. The molecule has 0 saturated carbocycles. The summed E-state index contributed by atoms with van der Waals surface area (Å²) >= 11 is 0. The summed E-state index contributed by atoms with van der Waals surface area (Å²) in [7, 11) is -3.66. The van der Waals surface area contributed by atoms with Crippen molar-refractivity contribution in [1.29, 1.82) is 0 Å². The van der Waals surface area contributed by atoms with Gasteiger partial charge in [-0.1, -0.05) is 0 Å². The van der Waals surface area contributed by atoms with Crippen LogP contribution in [0.1, 0.15) is 32.1 Å². The molecule has 4 rings (SSSR count). The molecule has 164 valence electrons. The number of hydrogen-bond acceptors (Lipinski definition) is 5. The lowest BCUT2D eigenvalue weighted by Crippen LogP contribution is -2.49. The lowest BCUT2D eigenvalue weighted by molar-refractivity contribution is -0.132. The first kappa shape index (κ1) is 24.2. The molecule has 3 saturated heterocycles. The number of amides is 1. The van der Waals surface area contributed by atoms with E-state index < -0.39 is 10.0 Å². The van der Waals surface area contributed by atoms with Gasteiger partial charge < -0.3 is 15.1 Å². The Hall–Kier alpha value is -1.06. The van der Waals surface area contributed by atoms with Crippen LogP contribution in [0.5, 0.6) is 0 Å². The van der Waals surface area contributed by atoms with E-state index in [0.29, 0.717) is 37.5 Å². The maximum absolute atomic E-state index is 12.7. The summed E-state index contributed by atoms with van der Waals surface area (Å²) < 4.78 is 22.7. The summed E-state index contributed by atoms with van der Waals surface area (Å²) in [5.41, 5.74) is 0.962. The summed E-state index contributed by atoms with van der Waals surface area (Å²) in [5.74, 6) is 0.811. The molecule has 3 heterocycles. The number of nitrogens with zero attached hydrogens (tertiary/aromatic N) is 2. The Bertz CT molecular complexity index is 786. The van der Waals surface area contributed by atoms with E-state index in [-0.39, 0.29) is 35.6 Å². The molecule has 3 aliphatic rings. The van der Waals surface area contributed by atoms with Crippen molar-refractivity contribution in [3.05, 3.63) is 24.3 Å². The van der Waals surface area contributed by atoms with E-state index >= 15 is 0 Å². The van der Waals surface area contributed by atoms with Crippen LogP contribution < -0.4 is 15.4 Å². The van der Waals surface area contributed by atoms with E-state index in [1.165, 1.54) is 25.0 Å². The Morgan fingerprint density at radius 3 is 2.07 bits per heavy atom. The summed E-state index contributed by atoms with van der Waals surface area (Å²) in [4.78, 5) is 17.0. The Kier molecular flexibility index (Phi) is 8.21. The van der Waals surface area contributed by atoms with Gasteiger partial charge in [0.1, 0.15) is 0 Å². The van der Waals surface area contributed by atoms with Gasteiger partial charge in [-0.25, -0.2) is 13.6 Å². The number of piperazine rings is 1. The minimum absolute atomic E-state index is 0. The minimum Gasteiger partial charge on any atom is -0.368 e. The predicted molar refractivity (Wildman–Crippen MR) is 118 cm³/mol. The third kappa shape index (κ3) is 5.76. The van der Waals surface area contributed by atoms with Gasteiger partial charge in [-0.05, 0) is 55.9 Å². The number of nitrogens with two attached hydrogens (primary N) is 1. The summed E-state index contributed by atoms with van der Waals surface area (Å²) in [6.45, 7) is 2.96. The van der Waals surface area contributed by atoms with Crippen LogP contribution in [-0.2, 0) is 14.8 Å². The number of piperidine rings is 1. The number of anilines is 1. The van der Waals surface area contributed by atoms with Crippen LogP contribution in [0.2, 0.25) is 0 Å². The molecule has 0 aliphatic carbocycles. The standard InChI is InChI=1S/C19H28N4O3S.2ClH/c20-27(25,26)18-5-3-17(4-6-18)22-7-9-23(10-8-22)19(24)13-14-11-15-1-2-16(12-14)21-15;;/h3-6,14-16,21H,1-2,7-13H2,(H2,20,25,26);2*1H. The third-order valence-electron chi connectivity index (χ3n) is 6.20. The highest BCUT2D eigenvalue weighted by Gasteiger charge is 2.35. The van der Waals surface area contributed by atoms with E-state index in [4.69, 9.17) is 5.14 Å². The molecule has 7 nitrogen and oxygen atoms in total. The fraction of sp³-hybridized carbons (Fsp3) is 0.632. The number of carbonyl (C=O) groups excluding carboxylic acids is 1. The van der Waals surface area contributed by atoms with Crippen molar-refractivity contribution in [3.63, 3.8) is 0 Å². The quantitative estimate of drug-likeness (QED) is 0.707. The highest BCUT2D eigenvalue weighted by Crippen LogP contribution is 2.33. The van der Waals surface area contributed by atoms with Crippen molar-refractivity contribution >= 4 is 46.4 Å². The Morgan fingerprint density at radius 2 is 1.55 bits per heavy atom. The molecule has 2 unspecified atom stereocenters. The van der Waals surface area contributed by atoms with E-state index in [2.05, 4.69) is 10.2 Å². The number of nitrogens with one attached hydrogen (secondary N) is 1. The van der Waals surface area contributed by atoms with Gasteiger partial charge in [0, 0.05) is 50.4 Å². The number of benzene rings is 1. The average molecular weight is 465 g/mol. The number of carbonyl (C=O) groups is 1. The van der Waals surface area contributed by atoms with Gasteiger partial charge in [0.15, 0.2) is 0 Å². The van der Waals surface area contributed by atoms with Gasteiger partial charge in [-0.15, -0.1) is 24.8 Å². The first-order valence-corrected chi connectivity index (χ1v) is 11.3. The highest BCUT2D eigenvalue weighted by atomic mass is 35.5. The third-order valence-corrected chi connectivity index (χ3v) is 7.13. The van der Waals surface area contributed by atoms with Gasteiger partial charge in [-0.2, -0.15) is 0 Å². The van der Waals surface area contributed by atoms with E-state index in [9.17, 15) is 13.2 Å². The summed E-state index contributed by atoms with van der Waals surface area (Å²) in [5, 5.41) is 8.78. The number of rotatable bonds is 4. The topological polar surface area (TPSA) is 95.7 Å². The van der Waals surface area contributed by atoms with Crippen LogP contribution in [0.25, 0.3) is 0 Å². The molecule has 3 N–H and O–H groups in total. The van der Waals surface area contributed by atoms with Crippen molar-refractivity contribution in [2.75, 3.05) is 31.1 Å². The number of hydrogen-bond donors (Lipinski definition) is 2. The second kappa shape index (κ2) is 9.83. The predicted octanol–water partition coefficient (Wildman–Crippen LogP) is 1.75. The number of halogens is 2. The van der Waals surface area contributed by atoms with E-state index in [0.717, 1.165) is 31.6 Å². The molecule has 10 heteroatoms. The number of primary sulfonamides is 1. The van der Waals surface area contributed by atoms with Gasteiger partial charge in [0.05, 0.1) is 4.90 Å². The lowest BCUT2D eigenvalue weighted by Gasteiger charge is -2.37. The molecule has 3 fully saturated rings. The molecule has 0 radical (unpaired) electrons. The maximum Gasteiger partial charge on any atom is 0.238 e. The number of fused-ring (bicyclic) bond motifs is 2. The first-order valence-electron chi connectivity index (χ1n) is 9.80. The largest absolute Gasteiger partial charge is 0.368 e.